The van der Waals surface area contributed by atoms with Gasteiger partial charge in [-0.15, -0.1) is 0 Å². The molecule has 0 saturated carbocycles. The van der Waals surface area contributed by atoms with Gasteiger partial charge < -0.3 is 14.0 Å². The third kappa shape index (κ3) is 5.94. The zero-order chi connectivity index (χ0) is 27.2. The largest absolute Gasteiger partial charge is 0.497 e. The Balaban J connectivity index is 1.49. The van der Waals surface area contributed by atoms with E-state index in [-0.39, 0.29) is 10.6 Å². The molecule has 194 valence electrons. The van der Waals surface area contributed by atoms with Crippen LogP contribution in [0.4, 0.5) is 0 Å². The van der Waals surface area contributed by atoms with Crippen molar-refractivity contribution < 1.29 is 27.2 Å². The summed E-state index contributed by atoms with van der Waals surface area (Å²) in [6.07, 6.45) is 1.36. The number of amides is 1. The molecule has 0 atom stereocenters. The van der Waals surface area contributed by atoms with Gasteiger partial charge in [0.25, 0.3) is 5.91 Å². The number of ether oxygens (including phenoxy) is 1. The molecule has 0 aliphatic heterocycles. The van der Waals surface area contributed by atoms with Gasteiger partial charge in [-0.3, -0.25) is 4.79 Å². The number of rotatable bonds is 9. The molecule has 10 heteroatoms. The van der Waals surface area contributed by atoms with Crippen LogP contribution in [0.15, 0.2) is 118 Å². The fourth-order valence-corrected chi connectivity index (χ4v) is 5.14. The maximum Gasteiger partial charge on any atom is 0.339 e. The van der Waals surface area contributed by atoms with Gasteiger partial charge in [0.1, 0.15) is 10.6 Å². The number of carbonyl (C=O) groups is 1. The molecule has 0 spiro atoms. The van der Waals surface area contributed by atoms with Gasteiger partial charge in [-0.05, 0) is 75.1 Å². The average molecular weight is 595 g/mol. The summed E-state index contributed by atoms with van der Waals surface area (Å²) < 4.78 is 35.9. The minimum absolute atomic E-state index is 0.0251. The number of hydrazone groups is 1. The van der Waals surface area contributed by atoms with Crippen LogP contribution in [-0.4, -0.2) is 32.8 Å². The van der Waals surface area contributed by atoms with Crippen molar-refractivity contribution in [3.8, 4) is 11.5 Å². The van der Waals surface area contributed by atoms with Crippen molar-refractivity contribution in [3.63, 3.8) is 0 Å². The molecule has 38 heavy (non-hydrogen) atoms. The minimum atomic E-state index is -4.07. The van der Waals surface area contributed by atoms with Crippen LogP contribution in [0.5, 0.6) is 11.5 Å². The summed E-state index contributed by atoms with van der Waals surface area (Å²) in [7, 11) is -2.59. The van der Waals surface area contributed by atoms with Crippen LogP contribution in [-0.2, 0) is 20.5 Å². The molecule has 0 bridgehead atoms. The lowest BCUT2D eigenvalue weighted by molar-refractivity contribution is -0.136. The van der Waals surface area contributed by atoms with Crippen LogP contribution in [0.25, 0.3) is 0 Å². The van der Waals surface area contributed by atoms with E-state index in [1.807, 2.05) is 0 Å². The second kappa shape index (κ2) is 11.6. The first-order chi connectivity index (χ1) is 18.2. The van der Waals surface area contributed by atoms with E-state index in [1.165, 1.54) is 43.7 Å². The lowest BCUT2D eigenvalue weighted by atomic mass is 9.85. The summed E-state index contributed by atoms with van der Waals surface area (Å²) in [6, 6.07) is 27.6. The second-order valence-corrected chi connectivity index (χ2v) is 10.4. The fourth-order valence-electron chi connectivity index (χ4n) is 3.61. The first-order valence-corrected chi connectivity index (χ1v) is 13.5. The Hall–Kier alpha value is -3.99. The molecule has 4 aromatic carbocycles. The number of hydrogen-bond acceptors (Lipinski definition) is 7. The van der Waals surface area contributed by atoms with Gasteiger partial charge in [0.15, 0.2) is 11.4 Å². The smallest absolute Gasteiger partial charge is 0.339 e. The van der Waals surface area contributed by atoms with E-state index in [1.54, 1.807) is 72.8 Å². The number of nitrogens with one attached hydrogen (secondary N) is 1. The van der Waals surface area contributed by atoms with Gasteiger partial charge >= 0.3 is 10.1 Å². The summed E-state index contributed by atoms with van der Waals surface area (Å²) >= 11 is 3.31. The number of nitrogens with zero attached hydrogens (tertiary/aromatic N) is 1. The van der Waals surface area contributed by atoms with E-state index in [9.17, 15) is 18.3 Å². The second-order valence-electron chi connectivity index (χ2n) is 8.04. The van der Waals surface area contributed by atoms with Crippen LogP contribution in [0, 0.1) is 0 Å². The molecular formula is C28H23BrN2O6S. The highest BCUT2D eigenvalue weighted by Gasteiger charge is 2.39. The van der Waals surface area contributed by atoms with Crippen LogP contribution >= 0.6 is 15.9 Å². The van der Waals surface area contributed by atoms with E-state index in [4.69, 9.17) is 8.92 Å². The van der Waals surface area contributed by atoms with Gasteiger partial charge in [0.2, 0.25) is 0 Å². The van der Waals surface area contributed by atoms with Crippen LogP contribution in [0.1, 0.15) is 16.7 Å². The molecule has 8 nitrogen and oxygen atoms in total. The minimum Gasteiger partial charge on any atom is -0.497 e. The van der Waals surface area contributed by atoms with Gasteiger partial charge in [-0.1, -0.05) is 60.7 Å². The van der Waals surface area contributed by atoms with Crippen LogP contribution in [0.2, 0.25) is 0 Å². The van der Waals surface area contributed by atoms with E-state index in [0.29, 0.717) is 26.9 Å². The molecule has 0 unspecified atom stereocenters. The van der Waals surface area contributed by atoms with Crippen molar-refractivity contribution in [1.29, 1.82) is 0 Å². The Morgan fingerprint density at radius 2 is 1.50 bits per heavy atom. The number of methoxy groups -OCH3 is 1. The average Bonchev–Trinajstić information content (AvgIpc) is 2.95. The van der Waals surface area contributed by atoms with Crippen LogP contribution < -0.4 is 14.3 Å². The predicted octanol–water partition coefficient (Wildman–Crippen LogP) is 4.61. The van der Waals surface area contributed by atoms with Crippen molar-refractivity contribution in [2.45, 2.75) is 10.5 Å². The third-order valence-electron chi connectivity index (χ3n) is 5.59. The number of aliphatic hydroxyl groups is 1. The van der Waals surface area contributed by atoms with Crippen molar-refractivity contribution in [1.82, 2.24) is 5.43 Å². The highest BCUT2D eigenvalue weighted by Crippen LogP contribution is 2.31. The molecule has 0 saturated heterocycles. The van der Waals surface area contributed by atoms with Gasteiger partial charge in [0.05, 0.1) is 17.8 Å². The van der Waals surface area contributed by atoms with Crippen molar-refractivity contribution in [3.05, 3.63) is 124 Å². The molecule has 0 radical (unpaired) electrons. The maximum absolute atomic E-state index is 13.1. The number of hydrogen-bond donors (Lipinski definition) is 2. The first-order valence-electron chi connectivity index (χ1n) is 11.3. The van der Waals surface area contributed by atoms with E-state index < -0.39 is 21.6 Å². The summed E-state index contributed by atoms with van der Waals surface area (Å²) in [4.78, 5) is 13.1. The first kappa shape index (κ1) is 27.1. The van der Waals surface area contributed by atoms with E-state index in [0.717, 1.165) is 0 Å². The van der Waals surface area contributed by atoms with Crippen molar-refractivity contribution in [2.24, 2.45) is 5.10 Å². The highest BCUT2D eigenvalue weighted by atomic mass is 79.9. The Morgan fingerprint density at radius 1 is 0.921 bits per heavy atom. The molecule has 1 amide bonds. The van der Waals surface area contributed by atoms with E-state index in [2.05, 4.69) is 26.5 Å². The maximum atomic E-state index is 13.1. The van der Waals surface area contributed by atoms with Crippen LogP contribution in [0.3, 0.4) is 0 Å². The van der Waals surface area contributed by atoms with Crippen molar-refractivity contribution >= 4 is 38.2 Å². The normalized spacial score (nSPS) is 11.8. The zero-order valence-electron chi connectivity index (χ0n) is 20.1. The number of benzene rings is 4. The number of halogens is 1. The molecule has 0 aliphatic rings. The quantitative estimate of drug-likeness (QED) is 0.166. The zero-order valence-corrected chi connectivity index (χ0v) is 22.5. The molecule has 0 heterocycles. The molecule has 2 N–H and O–H groups in total. The van der Waals surface area contributed by atoms with Gasteiger partial charge in [-0.25, -0.2) is 5.43 Å². The lowest BCUT2D eigenvalue weighted by Gasteiger charge is -2.27. The van der Waals surface area contributed by atoms with Crippen molar-refractivity contribution in [2.75, 3.05) is 7.11 Å². The Kier molecular flexibility index (Phi) is 8.26. The summed E-state index contributed by atoms with van der Waals surface area (Å²) in [5, 5.41) is 15.4. The monoisotopic (exact) mass is 594 g/mol. The molecule has 4 rings (SSSR count). The standard InChI is InChI=1S/C28H23BrN2O6S/c1-36-23-13-15-24(16-14-23)38(34,35)37-26-17-12-20(18-25(26)29)19-30-31-27(32)28(33,21-8-4-2-5-9-21)22-10-6-3-7-11-22/h2-19,33H,1H3,(H,31,32). The summed E-state index contributed by atoms with van der Waals surface area (Å²) in [6.45, 7) is 0. The lowest BCUT2D eigenvalue weighted by Crippen LogP contribution is -2.43. The van der Waals surface area contributed by atoms with E-state index >= 15 is 0 Å². The molecule has 4 aromatic rings. The predicted molar refractivity (Wildman–Crippen MR) is 147 cm³/mol. The number of carbonyl (C=O) groups excluding carboxylic acids is 1. The fraction of sp³-hybridized carbons (Fsp3) is 0.0714. The topological polar surface area (TPSA) is 114 Å². The Labute approximate surface area is 228 Å². The Morgan fingerprint density at radius 3 is 2.03 bits per heavy atom. The summed E-state index contributed by atoms with van der Waals surface area (Å²) in [5.41, 5.74) is 1.75. The molecule has 0 aliphatic carbocycles. The molecule has 0 fully saturated rings. The summed E-state index contributed by atoms with van der Waals surface area (Å²) in [5.74, 6) is -0.146. The van der Waals surface area contributed by atoms with Gasteiger partial charge in [-0.2, -0.15) is 13.5 Å². The third-order valence-corrected chi connectivity index (χ3v) is 7.46. The van der Waals surface area contributed by atoms with Gasteiger partial charge in [0, 0.05) is 0 Å². The molecular weight excluding hydrogens is 572 g/mol. The highest BCUT2D eigenvalue weighted by molar-refractivity contribution is 9.10. The molecule has 0 aromatic heterocycles. The SMILES string of the molecule is COc1ccc(S(=O)(=O)Oc2ccc(C=NNC(=O)C(O)(c3ccccc3)c3ccccc3)cc2Br)cc1. The Bertz CT molecular complexity index is 1500.